The maximum absolute atomic E-state index is 12.2. The van der Waals surface area contributed by atoms with Gasteiger partial charge in [0, 0.05) is 10.3 Å². The molecule has 26 heavy (non-hydrogen) atoms. The topological polar surface area (TPSA) is 52.1 Å². The molecule has 3 aromatic rings. The van der Waals surface area contributed by atoms with Crippen LogP contribution in [0.25, 0.3) is 20.7 Å². The first-order chi connectivity index (χ1) is 12.7. The summed E-state index contributed by atoms with van der Waals surface area (Å²) in [5, 5.41) is 1.52. The molecular formula is C20H22N2O2S2. The molecule has 1 atom stereocenters. The van der Waals surface area contributed by atoms with Crippen LogP contribution in [0.4, 0.5) is 0 Å². The van der Waals surface area contributed by atoms with Gasteiger partial charge in [-0.2, -0.15) is 0 Å². The average molecular weight is 387 g/mol. The summed E-state index contributed by atoms with van der Waals surface area (Å²) in [4.78, 5) is 23.1. The lowest BCUT2D eigenvalue weighted by Crippen LogP contribution is -2.17. The number of benzene rings is 1. The number of fused-ring (bicyclic) bond motifs is 1. The maximum atomic E-state index is 12.2. The van der Waals surface area contributed by atoms with Crippen LogP contribution in [0.3, 0.4) is 0 Å². The number of rotatable bonds is 8. The second-order valence-electron chi connectivity index (χ2n) is 6.01. The molecular weight excluding hydrogens is 364 g/mol. The molecule has 0 saturated heterocycles. The molecule has 0 aliphatic rings. The molecule has 4 nitrogen and oxygen atoms in total. The molecule has 0 aliphatic heterocycles. The number of esters is 1. The third-order valence-electron chi connectivity index (χ3n) is 3.96. The van der Waals surface area contributed by atoms with Gasteiger partial charge in [0.05, 0.1) is 6.61 Å². The summed E-state index contributed by atoms with van der Waals surface area (Å²) in [6.45, 7) is 4.49. The average Bonchev–Trinajstić information content (AvgIpc) is 3.11. The SMILES string of the molecule is CCCCCOC(=O)C(C)Sc1ncnc2sc(-c3ccccc3)cc12. The highest BCUT2D eigenvalue weighted by atomic mass is 32.2. The molecule has 0 bridgehead atoms. The summed E-state index contributed by atoms with van der Waals surface area (Å²) in [5.74, 6) is -0.184. The van der Waals surface area contributed by atoms with E-state index < -0.39 is 0 Å². The molecule has 3 rings (SSSR count). The van der Waals surface area contributed by atoms with Gasteiger partial charge in [-0.1, -0.05) is 61.9 Å². The van der Waals surface area contributed by atoms with Crippen molar-refractivity contribution < 1.29 is 9.53 Å². The van der Waals surface area contributed by atoms with Gasteiger partial charge in [0.1, 0.15) is 21.4 Å². The van der Waals surface area contributed by atoms with Gasteiger partial charge in [-0.05, 0) is 25.0 Å². The van der Waals surface area contributed by atoms with E-state index in [4.69, 9.17) is 4.74 Å². The summed E-state index contributed by atoms with van der Waals surface area (Å²) in [6.07, 6.45) is 4.68. The van der Waals surface area contributed by atoms with Gasteiger partial charge < -0.3 is 4.74 Å². The summed E-state index contributed by atoms with van der Waals surface area (Å²) in [7, 11) is 0. The van der Waals surface area contributed by atoms with E-state index in [0.717, 1.165) is 44.9 Å². The molecule has 0 fully saturated rings. The Morgan fingerprint density at radius 3 is 2.81 bits per heavy atom. The van der Waals surface area contributed by atoms with Gasteiger partial charge in [-0.15, -0.1) is 11.3 Å². The first-order valence-electron chi connectivity index (χ1n) is 8.82. The van der Waals surface area contributed by atoms with Gasteiger partial charge >= 0.3 is 5.97 Å². The Morgan fingerprint density at radius 2 is 2.04 bits per heavy atom. The van der Waals surface area contributed by atoms with Crippen molar-refractivity contribution in [1.82, 2.24) is 9.97 Å². The summed E-state index contributed by atoms with van der Waals surface area (Å²) < 4.78 is 5.36. The minimum Gasteiger partial charge on any atom is -0.465 e. The standard InChI is InChI=1S/C20H22N2O2S2/c1-3-4-8-11-24-20(23)14(2)25-18-16-12-17(15-9-6-5-7-10-15)26-19(16)22-13-21-18/h5-7,9-10,12-14H,3-4,8,11H2,1-2H3. The Hall–Kier alpha value is -1.92. The number of hydrogen-bond acceptors (Lipinski definition) is 6. The van der Waals surface area contributed by atoms with E-state index in [1.807, 2.05) is 25.1 Å². The smallest absolute Gasteiger partial charge is 0.319 e. The van der Waals surface area contributed by atoms with Crippen LogP contribution in [0, 0.1) is 0 Å². The Labute approximate surface area is 162 Å². The van der Waals surface area contributed by atoms with Crippen LogP contribution in [0.2, 0.25) is 0 Å². The summed E-state index contributed by atoms with van der Waals surface area (Å²) in [5.41, 5.74) is 1.16. The molecule has 2 heterocycles. The van der Waals surface area contributed by atoms with Gasteiger partial charge in [0.15, 0.2) is 0 Å². The minimum atomic E-state index is -0.296. The van der Waals surface area contributed by atoms with Crippen molar-refractivity contribution in [2.45, 2.75) is 43.4 Å². The van der Waals surface area contributed by atoms with Gasteiger partial charge in [-0.25, -0.2) is 9.97 Å². The van der Waals surface area contributed by atoms with E-state index in [0.29, 0.717) is 6.61 Å². The fourth-order valence-electron chi connectivity index (χ4n) is 2.53. The van der Waals surface area contributed by atoms with Crippen LogP contribution in [-0.2, 0) is 9.53 Å². The second-order valence-corrected chi connectivity index (χ2v) is 8.37. The maximum Gasteiger partial charge on any atom is 0.319 e. The predicted octanol–water partition coefficient (Wildman–Crippen LogP) is 5.57. The highest BCUT2D eigenvalue weighted by Gasteiger charge is 2.19. The summed E-state index contributed by atoms with van der Waals surface area (Å²) in [6, 6.07) is 12.3. The van der Waals surface area contributed by atoms with Crippen molar-refractivity contribution in [3.8, 4) is 10.4 Å². The molecule has 1 aromatic carbocycles. The number of unbranched alkanes of at least 4 members (excludes halogenated alkanes) is 2. The number of thiophene rings is 1. The molecule has 2 aromatic heterocycles. The molecule has 0 spiro atoms. The fourth-order valence-corrected chi connectivity index (χ4v) is 4.49. The number of ether oxygens (including phenoxy) is 1. The molecule has 0 N–H and O–H groups in total. The van der Waals surface area contributed by atoms with Crippen LogP contribution in [0.5, 0.6) is 0 Å². The van der Waals surface area contributed by atoms with E-state index in [-0.39, 0.29) is 11.2 Å². The predicted molar refractivity (Wildman–Crippen MR) is 109 cm³/mol. The first-order valence-corrected chi connectivity index (χ1v) is 10.5. The molecule has 0 saturated carbocycles. The van der Waals surface area contributed by atoms with E-state index >= 15 is 0 Å². The van der Waals surface area contributed by atoms with E-state index in [9.17, 15) is 4.79 Å². The van der Waals surface area contributed by atoms with E-state index in [1.165, 1.54) is 11.8 Å². The number of aromatic nitrogens is 2. The van der Waals surface area contributed by atoms with Gasteiger partial charge in [-0.3, -0.25) is 4.79 Å². The Balaban J connectivity index is 1.73. The van der Waals surface area contributed by atoms with Crippen molar-refractivity contribution in [2.24, 2.45) is 0 Å². The van der Waals surface area contributed by atoms with Gasteiger partial charge in [0.25, 0.3) is 0 Å². The largest absolute Gasteiger partial charge is 0.465 e. The van der Waals surface area contributed by atoms with Crippen molar-refractivity contribution >= 4 is 39.3 Å². The molecule has 6 heteroatoms. The van der Waals surface area contributed by atoms with Crippen molar-refractivity contribution in [3.63, 3.8) is 0 Å². The van der Waals surface area contributed by atoms with Crippen molar-refractivity contribution in [2.75, 3.05) is 6.61 Å². The lowest BCUT2D eigenvalue weighted by Gasteiger charge is -2.11. The second kappa shape index (κ2) is 9.14. The monoisotopic (exact) mass is 386 g/mol. The summed E-state index contributed by atoms with van der Waals surface area (Å²) >= 11 is 3.07. The van der Waals surface area contributed by atoms with Gasteiger partial charge in [0.2, 0.25) is 0 Å². The zero-order valence-corrected chi connectivity index (χ0v) is 16.6. The minimum absolute atomic E-state index is 0.184. The van der Waals surface area contributed by atoms with E-state index in [2.05, 4.69) is 35.1 Å². The lowest BCUT2D eigenvalue weighted by molar-refractivity contribution is -0.142. The first kappa shape index (κ1) is 18.9. The third-order valence-corrected chi connectivity index (χ3v) is 6.15. The molecule has 0 aliphatic carbocycles. The lowest BCUT2D eigenvalue weighted by atomic mass is 10.2. The van der Waals surface area contributed by atoms with Crippen LogP contribution < -0.4 is 0 Å². The molecule has 136 valence electrons. The van der Waals surface area contributed by atoms with Crippen LogP contribution in [-0.4, -0.2) is 27.8 Å². The number of nitrogens with zero attached hydrogens (tertiary/aromatic N) is 2. The Morgan fingerprint density at radius 1 is 1.23 bits per heavy atom. The number of carbonyl (C=O) groups excluding carboxylic acids is 1. The number of carbonyl (C=O) groups is 1. The highest BCUT2D eigenvalue weighted by molar-refractivity contribution is 8.00. The number of thioether (sulfide) groups is 1. The Kier molecular flexibility index (Phi) is 6.63. The van der Waals surface area contributed by atoms with Crippen molar-refractivity contribution in [1.29, 1.82) is 0 Å². The molecule has 1 unspecified atom stereocenters. The Bertz CT molecular complexity index is 865. The quantitative estimate of drug-likeness (QED) is 0.219. The zero-order chi connectivity index (χ0) is 18.4. The van der Waals surface area contributed by atoms with Crippen molar-refractivity contribution in [3.05, 3.63) is 42.7 Å². The van der Waals surface area contributed by atoms with E-state index in [1.54, 1.807) is 17.7 Å². The highest BCUT2D eigenvalue weighted by Crippen LogP contribution is 2.37. The fraction of sp³-hybridized carbons (Fsp3) is 0.350. The van der Waals surface area contributed by atoms with Crippen LogP contribution in [0.15, 0.2) is 47.8 Å². The zero-order valence-electron chi connectivity index (χ0n) is 15.0. The molecule has 0 radical (unpaired) electrons. The normalized spacial score (nSPS) is 12.2. The van der Waals surface area contributed by atoms with Crippen LogP contribution in [0.1, 0.15) is 33.1 Å². The molecule has 0 amide bonds. The third kappa shape index (κ3) is 4.62. The number of hydrogen-bond donors (Lipinski definition) is 0. The van der Waals surface area contributed by atoms with Crippen LogP contribution >= 0.6 is 23.1 Å².